The van der Waals surface area contributed by atoms with Gasteiger partial charge in [0.25, 0.3) is 11.8 Å². The van der Waals surface area contributed by atoms with Gasteiger partial charge in [-0.05, 0) is 31.4 Å². The van der Waals surface area contributed by atoms with Crippen LogP contribution in [-0.4, -0.2) is 47.4 Å². The standard InChI is InChI=1S/C21H25N3O5/c25-13-6-4-2-1-3-5-12-22-15-9-7-8-14-18(15)21(29)24(20(14)28)16-10-11-17(26)23-19(16)27/h7-9,13,16,22H,1-6,10-12H2,(H,23,26,27). The van der Waals surface area contributed by atoms with Crippen molar-refractivity contribution in [2.45, 2.75) is 57.4 Å². The number of piperidine rings is 1. The molecule has 1 atom stereocenters. The molecule has 154 valence electrons. The Balaban J connectivity index is 1.62. The Morgan fingerprint density at radius 1 is 1.03 bits per heavy atom. The zero-order chi connectivity index (χ0) is 20.8. The first-order valence-electron chi connectivity index (χ1n) is 10.1. The number of nitrogens with zero attached hydrogens (tertiary/aromatic N) is 1. The number of fused-ring (bicyclic) bond motifs is 1. The predicted molar refractivity (Wildman–Crippen MR) is 105 cm³/mol. The Bertz CT molecular complexity index is 836. The van der Waals surface area contributed by atoms with E-state index in [1.54, 1.807) is 18.2 Å². The topological polar surface area (TPSA) is 113 Å². The summed E-state index contributed by atoms with van der Waals surface area (Å²) in [6.45, 7) is 0.657. The van der Waals surface area contributed by atoms with E-state index in [-0.39, 0.29) is 24.0 Å². The number of nitrogens with one attached hydrogen (secondary N) is 2. The second kappa shape index (κ2) is 9.45. The molecule has 2 N–H and O–H groups in total. The molecule has 3 rings (SSSR count). The molecular weight excluding hydrogens is 374 g/mol. The van der Waals surface area contributed by atoms with Crippen LogP contribution in [0.1, 0.15) is 72.1 Å². The first-order valence-corrected chi connectivity index (χ1v) is 10.1. The van der Waals surface area contributed by atoms with E-state index in [9.17, 15) is 24.0 Å². The lowest BCUT2D eigenvalue weighted by Gasteiger charge is -2.27. The highest BCUT2D eigenvalue weighted by Gasteiger charge is 2.45. The highest BCUT2D eigenvalue weighted by atomic mass is 16.2. The van der Waals surface area contributed by atoms with Gasteiger partial charge in [-0.3, -0.25) is 29.4 Å². The molecule has 1 saturated heterocycles. The fourth-order valence-corrected chi connectivity index (χ4v) is 3.77. The average Bonchev–Trinajstić information content (AvgIpc) is 2.95. The van der Waals surface area contributed by atoms with E-state index in [0.29, 0.717) is 18.7 Å². The second-order valence-electron chi connectivity index (χ2n) is 7.33. The average molecular weight is 399 g/mol. The summed E-state index contributed by atoms with van der Waals surface area (Å²) >= 11 is 0. The van der Waals surface area contributed by atoms with Crippen LogP contribution in [0.15, 0.2) is 18.2 Å². The number of unbranched alkanes of at least 4 members (excludes halogenated alkanes) is 5. The van der Waals surface area contributed by atoms with Gasteiger partial charge >= 0.3 is 0 Å². The molecule has 1 aromatic rings. The van der Waals surface area contributed by atoms with Crippen LogP contribution < -0.4 is 10.6 Å². The van der Waals surface area contributed by atoms with Crippen LogP contribution in [0.2, 0.25) is 0 Å². The summed E-state index contributed by atoms with van der Waals surface area (Å²) in [4.78, 5) is 60.5. The summed E-state index contributed by atoms with van der Waals surface area (Å²) in [5.41, 5.74) is 1.14. The van der Waals surface area contributed by atoms with Crippen molar-refractivity contribution in [2.75, 3.05) is 11.9 Å². The van der Waals surface area contributed by atoms with Gasteiger partial charge in [-0.25, -0.2) is 0 Å². The first kappa shape index (κ1) is 20.7. The Hall–Kier alpha value is -3.03. The molecule has 2 heterocycles. The van der Waals surface area contributed by atoms with E-state index in [1.807, 2.05) is 0 Å². The molecule has 2 aliphatic heterocycles. The minimum absolute atomic E-state index is 0.0990. The molecule has 1 aromatic carbocycles. The number of hydrogen-bond donors (Lipinski definition) is 2. The van der Waals surface area contributed by atoms with Crippen molar-refractivity contribution in [3.8, 4) is 0 Å². The van der Waals surface area contributed by atoms with Crippen molar-refractivity contribution in [1.29, 1.82) is 0 Å². The number of hydrogen-bond acceptors (Lipinski definition) is 6. The minimum Gasteiger partial charge on any atom is -0.384 e. The monoisotopic (exact) mass is 399 g/mol. The summed E-state index contributed by atoms with van der Waals surface area (Å²) in [7, 11) is 0. The quantitative estimate of drug-likeness (QED) is 0.354. The summed E-state index contributed by atoms with van der Waals surface area (Å²) in [6.07, 6.45) is 6.68. The van der Waals surface area contributed by atoms with Gasteiger partial charge in [0.05, 0.1) is 11.1 Å². The Morgan fingerprint density at radius 2 is 1.79 bits per heavy atom. The van der Waals surface area contributed by atoms with Gasteiger partial charge in [-0.15, -0.1) is 0 Å². The lowest BCUT2D eigenvalue weighted by molar-refractivity contribution is -0.136. The van der Waals surface area contributed by atoms with E-state index in [1.165, 1.54) is 0 Å². The maximum absolute atomic E-state index is 13.0. The van der Waals surface area contributed by atoms with Crippen molar-refractivity contribution in [3.63, 3.8) is 0 Å². The Kier molecular flexibility index (Phi) is 6.74. The minimum atomic E-state index is -0.959. The highest BCUT2D eigenvalue weighted by Crippen LogP contribution is 2.32. The summed E-state index contributed by atoms with van der Waals surface area (Å²) in [5, 5.41) is 5.43. The molecular formula is C21H25N3O5. The molecule has 8 heteroatoms. The Labute approximate surface area is 169 Å². The second-order valence-corrected chi connectivity index (χ2v) is 7.33. The van der Waals surface area contributed by atoms with Crippen molar-refractivity contribution in [3.05, 3.63) is 29.3 Å². The fourth-order valence-electron chi connectivity index (χ4n) is 3.77. The van der Waals surface area contributed by atoms with Crippen LogP contribution in [0.4, 0.5) is 5.69 Å². The highest BCUT2D eigenvalue weighted by molar-refractivity contribution is 6.25. The van der Waals surface area contributed by atoms with Crippen LogP contribution in [0.25, 0.3) is 0 Å². The zero-order valence-corrected chi connectivity index (χ0v) is 16.2. The smallest absolute Gasteiger partial charge is 0.264 e. The molecule has 1 unspecified atom stereocenters. The van der Waals surface area contributed by atoms with Crippen molar-refractivity contribution in [2.24, 2.45) is 0 Å². The van der Waals surface area contributed by atoms with Crippen LogP contribution in [0.5, 0.6) is 0 Å². The number of carbonyl (C=O) groups excluding carboxylic acids is 5. The van der Waals surface area contributed by atoms with Crippen LogP contribution in [0.3, 0.4) is 0 Å². The number of aldehydes is 1. The van der Waals surface area contributed by atoms with E-state index >= 15 is 0 Å². The summed E-state index contributed by atoms with van der Waals surface area (Å²) in [6, 6.07) is 4.08. The normalized spacial score (nSPS) is 18.6. The SMILES string of the molecule is O=CCCCCCCCNc1cccc2c1C(=O)N(C1CCC(=O)NC1=O)C2=O. The molecule has 8 nitrogen and oxygen atoms in total. The van der Waals surface area contributed by atoms with Crippen LogP contribution >= 0.6 is 0 Å². The van der Waals surface area contributed by atoms with Crippen LogP contribution in [0, 0.1) is 0 Å². The van der Waals surface area contributed by atoms with Gasteiger partial charge < -0.3 is 10.1 Å². The third-order valence-corrected chi connectivity index (χ3v) is 5.28. The lowest BCUT2D eigenvalue weighted by Crippen LogP contribution is -2.54. The van der Waals surface area contributed by atoms with Gasteiger partial charge in [0, 0.05) is 25.1 Å². The number of rotatable bonds is 10. The number of imide groups is 2. The van der Waals surface area contributed by atoms with E-state index in [0.717, 1.165) is 43.3 Å². The summed E-state index contributed by atoms with van der Waals surface area (Å²) in [5.74, 6) is -2.01. The maximum Gasteiger partial charge on any atom is 0.264 e. The molecule has 4 amide bonds. The fraction of sp³-hybridized carbons (Fsp3) is 0.476. The molecule has 1 fully saturated rings. The van der Waals surface area contributed by atoms with E-state index in [4.69, 9.17) is 0 Å². The zero-order valence-electron chi connectivity index (χ0n) is 16.2. The van der Waals surface area contributed by atoms with Gasteiger partial charge in [-0.1, -0.05) is 25.3 Å². The van der Waals surface area contributed by atoms with E-state index in [2.05, 4.69) is 10.6 Å². The van der Waals surface area contributed by atoms with Crippen molar-refractivity contribution < 1.29 is 24.0 Å². The molecule has 0 bridgehead atoms. The third-order valence-electron chi connectivity index (χ3n) is 5.28. The van der Waals surface area contributed by atoms with Gasteiger partial charge in [0.15, 0.2) is 0 Å². The molecule has 29 heavy (non-hydrogen) atoms. The van der Waals surface area contributed by atoms with Crippen LogP contribution in [-0.2, 0) is 14.4 Å². The van der Waals surface area contributed by atoms with Gasteiger partial charge in [-0.2, -0.15) is 0 Å². The molecule has 0 aromatic heterocycles. The number of benzene rings is 1. The summed E-state index contributed by atoms with van der Waals surface area (Å²) < 4.78 is 0. The maximum atomic E-state index is 13.0. The number of amides is 4. The third kappa shape index (κ3) is 4.52. The van der Waals surface area contributed by atoms with Gasteiger partial charge in [0.1, 0.15) is 12.3 Å². The lowest BCUT2D eigenvalue weighted by atomic mass is 10.0. The molecule has 2 aliphatic rings. The Morgan fingerprint density at radius 3 is 2.55 bits per heavy atom. The number of carbonyl (C=O) groups is 5. The van der Waals surface area contributed by atoms with Gasteiger partial charge in [0.2, 0.25) is 11.8 Å². The largest absolute Gasteiger partial charge is 0.384 e. The van der Waals surface area contributed by atoms with E-state index < -0.39 is 29.7 Å². The van der Waals surface area contributed by atoms with Crippen molar-refractivity contribution in [1.82, 2.24) is 10.2 Å². The molecule has 0 radical (unpaired) electrons. The van der Waals surface area contributed by atoms with Crippen molar-refractivity contribution >= 4 is 35.6 Å². The predicted octanol–water partition coefficient (Wildman–Crippen LogP) is 2.04. The molecule has 0 saturated carbocycles. The number of anilines is 1. The first-order chi connectivity index (χ1) is 14.0. The molecule has 0 spiro atoms. The molecule has 0 aliphatic carbocycles.